The summed E-state index contributed by atoms with van der Waals surface area (Å²) in [6, 6.07) is 7.71. The van der Waals surface area contributed by atoms with E-state index in [1.165, 1.54) is 25.7 Å². The summed E-state index contributed by atoms with van der Waals surface area (Å²) in [6.07, 6.45) is 6.24. The van der Waals surface area contributed by atoms with Crippen LogP contribution in [0, 0.1) is 17.8 Å². The summed E-state index contributed by atoms with van der Waals surface area (Å²) in [7, 11) is 0. The fourth-order valence-corrected chi connectivity index (χ4v) is 2.90. The Labute approximate surface area is 119 Å². The second-order valence-corrected chi connectivity index (χ2v) is 6.60. The molecule has 2 unspecified atom stereocenters. The molecule has 0 aliphatic rings. The second-order valence-electron chi connectivity index (χ2n) is 6.60. The molecule has 0 aliphatic heterocycles. The molecule has 1 nitrogen and oxygen atoms in total. The van der Waals surface area contributed by atoms with E-state index in [-0.39, 0.29) is 0 Å². The molecule has 19 heavy (non-hydrogen) atoms. The molecule has 1 aromatic carbocycles. The highest BCUT2D eigenvalue weighted by Gasteiger charge is 2.09. The van der Waals surface area contributed by atoms with E-state index in [2.05, 4.69) is 27.7 Å². The van der Waals surface area contributed by atoms with Gasteiger partial charge in [-0.25, -0.2) is 0 Å². The number of hydrogen-bond acceptors (Lipinski definition) is 1. The van der Waals surface area contributed by atoms with Gasteiger partial charge in [0.1, 0.15) is 5.75 Å². The third-order valence-electron chi connectivity index (χ3n) is 3.83. The topological polar surface area (TPSA) is 20.2 Å². The Morgan fingerprint density at radius 1 is 0.947 bits per heavy atom. The largest absolute Gasteiger partial charge is 0.508 e. The minimum absolute atomic E-state index is 0.447. The molecule has 1 aromatic rings. The van der Waals surface area contributed by atoms with Gasteiger partial charge in [0, 0.05) is 0 Å². The molecule has 0 aliphatic carbocycles. The van der Waals surface area contributed by atoms with E-state index >= 15 is 0 Å². The normalized spacial score (nSPS) is 14.6. The minimum atomic E-state index is 0.447. The monoisotopic (exact) mass is 262 g/mol. The predicted molar refractivity (Wildman–Crippen MR) is 83.4 cm³/mol. The third kappa shape index (κ3) is 6.66. The van der Waals surface area contributed by atoms with Crippen LogP contribution in [0.2, 0.25) is 0 Å². The van der Waals surface area contributed by atoms with Crippen molar-refractivity contribution < 1.29 is 5.11 Å². The molecule has 108 valence electrons. The highest BCUT2D eigenvalue weighted by atomic mass is 16.3. The molecule has 0 fully saturated rings. The van der Waals surface area contributed by atoms with Crippen LogP contribution in [-0.2, 0) is 6.42 Å². The van der Waals surface area contributed by atoms with Crippen LogP contribution in [0.15, 0.2) is 24.3 Å². The van der Waals surface area contributed by atoms with Crippen molar-refractivity contribution in [3.63, 3.8) is 0 Å². The smallest absolute Gasteiger partial charge is 0.118 e. The standard InChI is InChI=1S/C18H30O/c1-14(2)12-15(3)8-7-9-16(4)13-17-10-5-6-11-18(17)19/h5-6,10-11,14-16,19H,7-9,12-13H2,1-4H3. The third-order valence-corrected chi connectivity index (χ3v) is 3.83. The van der Waals surface area contributed by atoms with Crippen LogP contribution in [0.5, 0.6) is 5.75 Å². The SMILES string of the molecule is CC(C)CC(C)CCCC(C)Cc1ccccc1O. The van der Waals surface area contributed by atoms with Gasteiger partial charge in [0.2, 0.25) is 0 Å². The molecule has 0 bridgehead atoms. The number of aromatic hydroxyl groups is 1. The zero-order chi connectivity index (χ0) is 14.3. The highest BCUT2D eigenvalue weighted by molar-refractivity contribution is 5.31. The van der Waals surface area contributed by atoms with Crippen LogP contribution in [0.3, 0.4) is 0 Å². The van der Waals surface area contributed by atoms with Crippen LogP contribution < -0.4 is 0 Å². The van der Waals surface area contributed by atoms with Gasteiger partial charge in [-0.2, -0.15) is 0 Å². The molecule has 1 N–H and O–H groups in total. The van der Waals surface area contributed by atoms with Crippen molar-refractivity contribution in [3.8, 4) is 5.75 Å². The summed E-state index contributed by atoms with van der Waals surface area (Å²) in [5, 5.41) is 9.77. The molecule has 0 spiro atoms. The molecular weight excluding hydrogens is 232 g/mol. The average molecular weight is 262 g/mol. The zero-order valence-electron chi connectivity index (χ0n) is 13.0. The lowest BCUT2D eigenvalue weighted by Gasteiger charge is -2.16. The first kappa shape index (κ1) is 16.1. The van der Waals surface area contributed by atoms with Gasteiger partial charge in [-0.3, -0.25) is 0 Å². The summed E-state index contributed by atoms with van der Waals surface area (Å²) in [5.74, 6) is 2.76. The van der Waals surface area contributed by atoms with Crippen molar-refractivity contribution in [1.29, 1.82) is 0 Å². The summed E-state index contributed by atoms with van der Waals surface area (Å²) >= 11 is 0. The predicted octanol–water partition coefficient (Wildman–Crippen LogP) is 5.42. The number of phenolic OH excluding ortho intramolecular Hbond substituents is 1. The molecule has 0 saturated heterocycles. The highest BCUT2D eigenvalue weighted by Crippen LogP contribution is 2.24. The minimum Gasteiger partial charge on any atom is -0.508 e. The lowest BCUT2D eigenvalue weighted by molar-refractivity contribution is 0.380. The second kappa shape index (κ2) is 8.24. The van der Waals surface area contributed by atoms with Crippen LogP contribution >= 0.6 is 0 Å². The molecule has 1 heteroatoms. The Bertz CT molecular complexity index is 356. The number of para-hydroxylation sites is 1. The molecular formula is C18H30O. The quantitative estimate of drug-likeness (QED) is 0.663. The van der Waals surface area contributed by atoms with Crippen LogP contribution in [-0.4, -0.2) is 5.11 Å². The van der Waals surface area contributed by atoms with E-state index in [9.17, 15) is 5.11 Å². The van der Waals surface area contributed by atoms with Crippen LogP contribution in [0.25, 0.3) is 0 Å². The Morgan fingerprint density at radius 2 is 1.58 bits per heavy atom. The zero-order valence-corrected chi connectivity index (χ0v) is 13.0. The van der Waals surface area contributed by atoms with Gasteiger partial charge in [0.25, 0.3) is 0 Å². The molecule has 0 aromatic heterocycles. The molecule has 0 radical (unpaired) electrons. The number of phenols is 1. The number of hydrogen-bond donors (Lipinski definition) is 1. The van der Waals surface area contributed by atoms with Crippen molar-refractivity contribution in [3.05, 3.63) is 29.8 Å². The van der Waals surface area contributed by atoms with Gasteiger partial charge in [-0.05, 0) is 42.2 Å². The molecule has 0 heterocycles. The van der Waals surface area contributed by atoms with Gasteiger partial charge in [-0.1, -0.05) is 65.2 Å². The first-order valence-electron chi connectivity index (χ1n) is 7.76. The van der Waals surface area contributed by atoms with Gasteiger partial charge in [-0.15, -0.1) is 0 Å². The molecule has 2 atom stereocenters. The maximum Gasteiger partial charge on any atom is 0.118 e. The van der Waals surface area contributed by atoms with Gasteiger partial charge in [0.15, 0.2) is 0 Å². The Hall–Kier alpha value is -0.980. The van der Waals surface area contributed by atoms with Crippen molar-refractivity contribution in [2.24, 2.45) is 17.8 Å². The van der Waals surface area contributed by atoms with E-state index < -0.39 is 0 Å². The van der Waals surface area contributed by atoms with Crippen molar-refractivity contribution in [1.82, 2.24) is 0 Å². The Balaban J connectivity index is 2.25. The fourth-order valence-electron chi connectivity index (χ4n) is 2.90. The average Bonchev–Trinajstić information content (AvgIpc) is 2.31. The van der Waals surface area contributed by atoms with E-state index in [1.807, 2.05) is 18.2 Å². The van der Waals surface area contributed by atoms with E-state index in [0.717, 1.165) is 23.8 Å². The van der Waals surface area contributed by atoms with Crippen molar-refractivity contribution in [2.45, 2.75) is 59.8 Å². The Morgan fingerprint density at radius 3 is 2.21 bits per heavy atom. The first-order valence-corrected chi connectivity index (χ1v) is 7.76. The Kier molecular flexibility index (Phi) is 6.97. The molecule has 0 amide bonds. The molecule has 0 saturated carbocycles. The van der Waals surface area contributed by atoms with E-state index in [1.54, 1.807) is 6.07 Å². The molecule has 1 rings (SSSR count). The van der Waals surface area contributed by atoms with E-state index in [4.69, 9.17) is 0 Å². The first-order chi connectivity index (χ1) is 8.99. The van der Waals surface area contributed by atoms with E-state index in [0.29, 0.717) is 11.7 Å². The summed E-state index contributed by atoms with van der Waals surface area (Å²) in [5.41, 5.74) is 1.09. The summed E-state index contributed by atoms with van der Waals surface area (Å²) in [4.78, 5) is 0. The summed E-state index contributed by atoms with van der Waals surface area (Å²) in [6.45, 7) is 9.27. The van der Waals surface area contributed by atoms with Crippen molar-refractivity contribution >= 4 is 0 Å². The number of benzene rings is 1. The van der Waals surface area contributed by atoms with Crippen molar-refractivity contribution in [2.75, 3.05) is 0 Å². The fraction of sp³-hybridized carbons (Fsp3) is 0.667. The van der Waals surface area contributed by atoms with Gasteiger partial charge in [0.05, 0.1) is 0 Å². The van der Waals surface area contributed by atoms with Gasteiger partial charge < -0.3 is 5.11 Å². The van der Waals surface area contributed by atoms with Gasteiger partial charge >= 0.3 is 0 Å². The lowest BCUT2D eigenvalue weighted by atomic mass is 9.90. The maximum atomic E-state index is 9.77. The lowest BCUT2D eigenvalue weighted by Crippen LogP contribution is -2.04. The summed E-state index contributed by atoms with van der Waals surface area (Å²) < 4.78 is 0. The van der Waals surface area contributed by atoms with Crippen LogP contribution in [0.4, 0.5) is 0 Å². The van der Waals surface area contributed by atoms with Crippen LogP contribution in [0.1, 0.15) is 58.9 Å². The maximum absolute atomic E-state index is 9.77. The number of rotatable bonds is 8.